The zero-order valence-electron chi connectivity index (χ0n) is 11.2. The molecule has 0 aliphatic carbocycles. The van der Waals surface area contributed by atoms with E-state index in [1.807, 2.05) is 37.5 Å². The first-order chi connectivity index (χ1) is 9.63. The number of halogens is 1. The Bertz CT molecular complexity index is 602. The molecule has 2 aromatic rings. The van der Waals surface area contributed by atoms with Crippen LogP contribution in [0.15, 0.2) is 42.7 Å². The maximum absolute atomic E-state index is 11.6. The predicted molar refractivity (Wildman–Crippen MR) is 80.4 cm³/mol. The number of amides is 1. The Balaban J connectivity index is 1.75. The Morgan fingerprint density at radius 3 is 2.80 bits per heavy atom. The van der Waals surface area contributed by atoms with E-state index in [1.165, 1.54) is 6.08 Å². The molecule has 2 rings (SSSR count). The minimum atomic E-state index is -0.109. The van der Waals surface area contributed by atoms with Crippen LogP contribution in [0.2, 0.25) is 5.02 Å². The van der Waals surface area contributed by atoms with Gasteiger partial charge in [-0.15, -0.1) is 0 Å². The fourth-order valence-electron chi connectivity index (χ4n) is 1.74. The maximum Gasteiger partial charge on any atom is 0.244 e. The molecule has 5 heteroatoms. The van der Waals surface area contributed by atoms with Gasteiger partial charge in [0.15, 0.2) is 0 Å². The van der Waals surface area contributed by atoms with Crippen molar-refractivity contribution in [2.24, 2.45) is 7.05 Å². The molecule has 0 saturated carbocycles. The van der Waals surface area contributed by atoms with Crippen molar-refractivity contribution in [3.05, 3.63) is 58.9 Å². The lowest BCUT2D eigenvalue weighted by molar-refractivity contribution is -0.116. The van der Waals surface area contributed by atoms with Gasteiger partial charge in [-0.3, -0.25) is 9.48 Å². The molecule has 0 atom stereocenters. The van der Waals surface area contributed by atoms with Crippen molar-refractivity contribution in [1.82, 2.24) is 15.1 Å². The molecule has 0 fully saturated rings. The lowest BCUT2D eigenvalue weighted by Gasteiger charge is -2.02. The van der Waals surface area contributed by atoms with E-state index < -0.39 is 0 Å². The SMILES string of the molecule is Cn1cc(/C=C/C(=O)NCCc2ccc(Cl)cc2)cn1. The highest BCUT2D eigenvalue weighted by atomic mass is 35.5. The summed E-state index contributed by atoms with van der Waals surface area (Å²) in [5, 5.41) is 7.58. The van der Waals surface area contributed by atoms with Crippen molar-refractivity contribution in [1.29, 1.82) is 0 Å². The molecule has 0 aliphatic rings. The van der Waals surface area contributed by atoms with Crippen molar-refractivity contribution in [3.8, 4) is 0 Å². The van der Waals surface area contributed by atoms with Gasteiger partial charge in [0.25, 0.3) is 0 Å². The summed E-state index contributed by atoms with van der Waals surface area (Å²) in [5.74, 6) is -0.109. The topological polar surface area (TPSA) is 46.9 Å². The standard InChI is InChI=1S/C15H16ClN3O/c1-19-11-13(10-18-19)4-7-15(20)17-9-8-12-2-5-14(16)6-3-12/h2-7,10-11H,8-9H2,1H3,(H,17,20)/b7-4+. The zero-order valence-corrected chi connectivity index (χ0v) is 12.0. The van der Waals surface area contributed by atoms with Crippen LogP contribution in [-0.2, 0) is 18.3 Å². The van der Waals surface area contributed by atoms with Crippen LogP contribution >= 0.6 is 11.6 Å². The number of carbonyl (C=O) groups excluding carboxylic acids is 1. The molecule has 104 valence electrons. The molecular weight excluding hydrogens is 274 g/mol. The van der Waals surface area contributed by atoms with Gasteiger partial charge < -0.3 is 5.32 Å². The Labute approximate surface area is 123 Å². The van der Waals surface area contributed by atoms with Crippen LogP contribution in [0.4, 0.5) is 0 Å². The van der Waals surface area contributed by atoms with E-state index in [4.69, 9.17) is 11.6 Å². The van der Waals surface area contributed by atoms with Crippen LogP contribution in [0, 0.1) is 0 Å². The highest BCUT2D eigenvalue weighted by Crippen LogP contribution is 2.09. The van der Waals surface area contributed by atoms with Gasteiger partial charge in [-0.05, 0) is 30.2 Å². The third-order valence-corrected chi connectivity index (χ3v) is 3.03. The average molecular weight is 290 g/mol. The van der Waals surface area contributed by atoms with Gasteiger partial charge in [0.2, 0.25) is 5.91 Å². The lowest BCUT2D eigenvalue weighted by atomic mass is 10.1. The van der Waals surface area contributed by atoms with E-state index in [1.54, 1.807) is 17.0 Å². The summed E-state index contributed by atoms with van der Waals surface area (Å²) in [6.45, 7) is 0.595. The summed E-state index contributed by atoms with van der Waals surface area (Å²) in [7, 11) is 1.84. The molecule has 0 unspecified atom stereocenters. The Morgan fingerprint density at radius 2 is 2.15 bits per heavy atom. The molecule has 0 aliphatic heterocycles. The second-order valence-electron chi connectivity index (χ2n) is 4.45. The number of hydrogen-bond acceptors (Lipinski definition) is 2. The minimum absolute atomic E-state index is 0.109. The van der Waals surface area contributed by atoms with Gasteiger partial charge in [-0.2, -0.15) is 5.10 Å². The molecule has 1 heterocycles. The van der Waals surface area contributed by atoms with Crippen LogP contribution in [0.3, 0.4) is 0 Å². The van der Waals surface area contributed by atoms with Gasteiger partial charge in [0, 0.05) is 36.5 Å². The number of nitrogens with one attached hydrogen (secondary N) is 1. The summed E-state index contributed by atoms with van der Waals surface area (Å²) in [6, 6.07) is 7.61. The molecule has 0 bridgehead atoms. The summed E-state index contributed by atoms with van der Waals surface area (Å²) in [4.78, 5) is 11.6. The largest absolute Gasteiger partial charge is 0.352 e. The van der Waals surface area contributed by atoms with Gasteiger partial charge in [-0.25, -0.2) is 0 Å². The molecule has 0 saturated heterocycles. The number of rotatable bonds is 5. The predicted octanol–water partition coefficient (Wildman–Crippen LogP) is 2.45. The first kappa shape index (κ1) is 14.3. The Kier molecular flexibility index (Phi) is 4.96. The van der Waals surface area contributed by atoms with E-state index >= 15 is 0 Å². The van der Waals surface area contributed by atoms with Crippen LogP contribution in [0.25, 0.3) is 6.08 Å². The van der Waals surface area contributed by atoms with Crippen molar-refractivity contribution in [3.63, 3.8) is 0 Å². The second kappa shape index (κ2) is 6.91. The van der Waals surface area contributed by atoms with E-state index in [0.29, 0.717) is 6.54 Å². The second-order valence-corrected chi connectivity index (χ2v) is 4.88. The van der Waals surface area contributed by atoms with E-state index in [9.17, 15) is 4.79 Å². The van der Waals surface area contributed by atoms with Crippen LogP contribution in [0.1, 0.15) is 11.1 Å². The first-order valence-electron chi connectivity index (χ1n) is 6.32. The molecule has 4 nitrogen and oxygen atoms in total. The lowest BCUT2D eigenvalue weighted by Crippen LogP contribution is -2.23. The van der Waals surface area contributed by atoms with Gasteiger partial charge in [-0.1, -0.05) is 23.7 Å². The van der Waals surface area contributed by atoms with Crippen molar-refractivity contribution in [2.75, 3.05) is 6.54 Å². The molecule has 1 aromatic carbocycles. The first-order valence-corrected chi connectivity index (χ1v) is 6.70. The number of carbonyl (C=O) groups is 1. The summed E-state index contributed by atoms with van der Waals surface area (Å²) in [5.41, 5.74) is 2.05. The summed E-state index contributed by atoms with van der Waals surface area (Å²) >= 11 is 5.81. The quantitative estimate of drug-likeness (QED) is 0.860. The minimum Gasteiger partial charge on any atom is -0.352 e. The van der Waals surface area contributed by atoms with Crippen LogP contribution in [0.5, 0.6) is 0 Å². The highest BCUT2D eigenvalue weighted by molar-refractivity contribution is 6.30. The average Bonchev–Trinajstić information content (AvgIpc) is 2.85. The van der Waals surface area contributed by atoms with Crippen LogP contribution in [-0.4, -0.2) is 22.2 Å². The summed E-state index contributed by atoms with van der Waals surface area (Å²) < 4.78 is 1.69. The molecule has 0 radical (unpaired) electrons. The van der Waals surface area contributed by atoms with Crippen molar-refractivity contribution < 1.29 is 4.79 Å². The fourth-order valence-corrected chi connectivity index (χ4v) is 1.86. The molecule has 1 aromatic heterocycles. The smallest absolute Gasteiger partial charge is 0.244 e. The third-order valence-electron chi connectivity index (χ3n) is 2.78. The van der Waals surface area contributed by atoms with Crippen LogP contribution < -0.4 is 5.32 Å². The summed E-state index contributed by atoms with van der Waals surface area (Å²) in [6.07, 6.45) is 7.59. The van der Waals surface area contributed by atoms with Gasteiger partial charge in [0.05, 0.1) is 6.20 Å². The van der Waals surface area contributed by atoms with E-state index in [0.717, 1.165) is 22.6 Å². The molecule has 1 N–H and O–H groups in total. The number of aryl methyl sites for hydroxylation is 1. The van der Waals surface area contributed by atoms with Gasteiger partial charge >= 0.3 is 0 Å². The van der Waals surface area contributed by atoms with E-state index in [-0.39, 0.29) is 5.91 Å². The van der Waals surface area contributed by atoms with Crippen molar-refractivity contribution >= 4 is 23.6 Å². The number of nitrogens with zero attached hydrogens (tertiary/aromatic N) is 2. The molecule has 0 spiro atoms. The molecule has 1 amide bonds. The zero-order chi connectivity index (χ0) is 14.4. The number of aromatic nitrogens is 2. The van der Waals surface area contributed by atoms with Gasteiger partial charge in [0.1, 0.15) is 0 Å². The fraction of sp³-hybridized carbons (Fsp3) is 0.200. The number of hydrogen-bond donors (Lipinski definition) is 1. The normalized spacial score (nSPS) is 10.9. The Hall–Kier alpha value is -2.07. The highest BCUT2D eigenvalue weighted by Gasteiger charge is 1.97. The monoisotopic (exact) mass is 289 g/mol. The molecular formula is C15H16ClN3O. The van der Waals surface area contributed by atoms with Crippen molar-refractivity contribution in [2.45, 2.75) is 6.42 Å². The molecule has 20 heavy (non-hydrogen) atoms. The Morgan fingerprint density at radius 1 is 1.40 bits per heavy atom. The van der Waals surface area contributed by atoms with E-state index in [2.05, 4.69) is 10.4 Å². The number of benzene rings is 1. The third kappa shape index (κ3) is 4.55. The maximum atomic E-state index is 11.6.